The van der Waals surface area contributed by atoms with Crippen LogP contribution in [0.15, 0.2) is 45.8 Å². The zero-order chi connectivity index (χ0) is 16.1. The quantitative estimate of drug-likeness (QED) is 0.498. The molecule has 0 aliphatic carbocycles. The van der Waals surface area contributed by atoms with Gasteiger partial charge in [0.2, 0.25) is 16.8 Å². The van der Waals surface area contributed by atoms with Crippen molar-refractivity contribution in [3.63, 3.8) is 0 Å². The summed E-state index contributed by atoms with van der Waals surface area (Å²) in [5, 5.41) is 16.6. The zero-order valence-corrected chi connectivity index (χ0v) is 14.3. The van der Waals surface area contributed by atoms with Gasteiger partial charge >= 0.3 is 0 Å². The predicted molar refractivity (Wildman–Crippen MR) is 92.9 cm³/mol. The van der Waals surface area contributed by atoms with E-state index in [4.69, 9.17) is 16.1 Å². The minimum atomic E-state index is 0.538. The Balaban J connectivity index is 1.59. The molecule has 1 N–H and O–H groups in total. The third-order valence-corrected chi connectivity index (χ3v) is 4.94. The smallest absolute Gasteiger partial charge is 0.237 e. The van der Waals surface area contributed by atoms with Gasteiger partial charge in [0, 0.05) is 17.1 Å². The Morgan fingerprint density at radius 2 is 2.13 bits per heavy atom. The molecule has 0 spiro atoms. The summed E-state index contributed by atoms with van der Waals surface area (Å²) in [6, 6.07) is 7.29. The third kappa shape index (κ3) is 4.31. The van der Waals surface area contributed by atoms with E-state index in [0.717, 1.165) is 15.0 Å². The molecule has 3 rings (SSSR count). The van der Waals surface area contributed by atoms with E-state index in [1.807, 2.05) is 12.1 Å². The molecular formula is C14H12ClN5OS2. The number of halogens is 1. The summed E-state index contributed by atoms with van der Waals surface area (Å²) in [5.74, 6) is 1.62. The van der Waals surface area contributed by atoms with Crippen LogP contribution in [-0.4, -0.2) is 26.9 Å². The maximum Gasteiger partial charge on any atom is 0.237 e. The molecule has 0 fully saturated rings. The Labute approximate surface area is 146 Å². The largest absolute Gasteiger partial charge is 0.357 e. The van der Waals surface area contributed by atoms with Gasteiger partial charge in [-0.1, -0.05) is 45.9 Å². The average molecular weight is 366 g/mol. The molecule has 2 aromatic heterocycles. The van der Waals surface area contributed by atoms with Crippen LogP contribution in [0, 0.1) is 0 Å². The van der Waals surface area contributed by atoms with Gasteiger partial charge in [-0.25, -0.2) is 0 Å². The van der Waals surface area contributed by atoms with E-state index in [9.17, 15) is 0 Å². The van der Waals surface area contributed by atoms with Crippen LogP contribution in [0.4, 0.5) is 5.13 Å². The summed E-state index contributed by atoms with van der Waals surface area (Å²) in [4.78, 5) is 4.37. The summed E-state index contributed by atoms with van der Waals surface area (Å²) in [5.41, 5.74) is 0.862. The number of thioether (sulfide) groups is 1. The lowest BCUT2D eigenvalue weighted by Gasteiger charge is -1.93. The van der Waals surface area contributed by atoms with Gasteiger partial charge in [-0.2, -0.15) is 4.98 Å². The van der Waals surface area contributed by atoms with Gasteiger partial charge in [0.25, 0.3) is 0 Å². The molecule has 0 saturated carbocycles. The highest BCUT2D eigenvalue weighted by Gasteiger charge is 2.11. The molecule has 0 amide bonds. The molecule has 1 aromatic carbocycles. The topological polar surface area (TPSA) is 76.7 Å². The van der Waals surface area contributed by atoms with Crippen molar-refractivity contribution in [1.29, 1.82) is 0 Å². The molecular weight excluding hydrogens is 354 g/mol. The summed E-state index contributed by atoms with van der Waals surface area (Å²) in [7, 11) is 0. The Morgan fingerprint density at radius 3 is 2.91 bits per heavy atom. The Kier molecular flexibility index (Phi) is 5.27. The molecule has 0 bridgehead atoms. The normalized spacial score (nSPS) is 10.7. The number of rotatable bonds is 7. The van der Waals surface area contributed by atoms with Gasteiger partial charge in [-0.15, -0.1) is 16.8 Å². The van der Waals surface area contributed by atoms with E-state index in [1.54, 1.807) is 18.2 Å². The molecule has 118 valence electrons. The van der Waals surface area contributed by atoms with Crippen LogP contribution in [0.5, 0.6) is 0 Å². The number of nitrogens with zero attached hydrogens (tertiary/aromatic N) is 4. The van der Waals surface area contributed by atoms with E-state index in [2.05, 4.69) is 32.2 Å². The van der Waals surface area contributed by atoms with Gasteiger partial charge in [0.1, 0.15) is 0 Å². The van der Waals surface area contributed by atoms with Crippen LogP contribution in [0.25, 0.3) is 11.4 Å². The first-order valence-corrected chi connectivity index (χ1v) is 8.82. The van der Waals surface area contributed by atoms with Crippen molar-refractivity contribution < 1.29 is 4.52 Å². The molecule has 0 radical (unpaired) electrons. The molecule has 23 heavy (non-hydrogen) atoms. The molecule has 9 heteroatoms. The molecule has 0 unspecified atom stereocenters. The fraction of sp³-hybridized carbons (Fsp3) is 0.143. The third-order valence-electron chi connectivity index (χ3n) is 2.69. The lowest BCUT2D eigenvalue weighted by molar-refractivity contribution is 0.391. The van der Waals surface area contributed by atoms with Crippen molar-refractivity contribution in [2.24, 2.45) is 0 Å². The second-order valence-electron chi connectivity index (χ2n) is 4.35. The number of hydrogen-bond donors (Lipinski definition) is 1. The fourth-order valence-electron chi connectivity index (χ4n) is 1.65. The first kappa shape index (κ1) is 16.0. The van der Waals surface area contributed by atoms with Gasteiger partial charge in [0.15, 0.2) is 4.34 Å². The molecule has 3 aromatic rings. The first-order chi connectivity index (χ1) is 11.2. The number of anilines is 1. The Hall–Kier alpha value is -1.90. The van der Waals surface area contributed by atoms with Gasteiger partial charge in [-0.3, -0.25) is 0 Å². The van der Waals surface area contributed by atoms with Crippen molar-refractivity contribution in [1.82, 2.24) is 20.3 Å². The van der Waals surface area contributed by atoms with Crippen LogP contribution >= 0.6 is 34.7 Å². The number of benzene rings is 1. The Morgan fingerprint density at radius 1 is 1.30 bits per heavy atom. The van der Waals surface area contributed by atoms with Crippen molar-refractivity contribution >= 4 is 39.8 Å². The fourth-order valence-corrected chi connectivity index (χ4v) is 3.37. The number of hydrogen-bond acceptors (Lipinski definition) is 8. The zero-order valence-electron chi connectivity index (χ0n) is 11.9. The van der Waals surface area contributed by atoms with Crippen molar-refractivity contribution in [3.05, 3.63) is 47.8 Å². The monoisotopic (exact) mass is 365 g/mol. The number of nitrogens with one attached hydrogen (secondary N) is 1. The van der Waals surface area contributed by atoms with Crippen molar-refractivity contribution in [3.8, 4) is 11.4 Å². The van der Waals surface area contributed by atoms with E-state index in [1.165, 1.54) is 23.1 Å². The summed E-state index contributed by atoms with van der Waals surface area (Å²) in [6.07, 6.45) is 1.77. The van der Waals surface area contributed by atoms with E-state index in [-0.39, 0.29) is 0 Å². The maximum absolute atomic E-state index is 5.87. The van der Waals surface area contributed by atoms with Gasteiger partial charge in [0.05, 0.1) is 5.75 Å². The van der Waals surface area contributed by atoms with Gasteiger partial charge < -0.3 is 9.84 Å². The molecule has 0 aliphatic heterocycles. The van der Waals surface area contributed by atoms with Gasteiger partial charge in [-0.05, 0) is 24.3 Å². The minimum absolute atomic E-state index is 0.538. The predicted octanol–water partition coefficient (Wildman–Crippen LogP) is 4.13. The van der Waals surface area contributed by atoms with Crippen molar-refractivity contribution in [2.75, 3.05) is 11.9 Å². The Bertz CT molecular complexity index is 787. The summed E-state index contributed by atoms with van der Waals surface area (Å²) in [6.45, 7) is 4.30. The lowest BCUT2D eigenvalue weighted by atomic mass is 10.2. The van der Waals surface area contributed by atoms with Crippen LogP contribution in [0.3, 0.4) is 0 Å². The van der Waals surface area contributed by atoms with Crippen LogP contribution < -0.4 is 5.32 Å². The van der Waals surface area contributed by atoms with Crippen LogP contribution in [0.1, 0.15) is 5.89 Å². The average Bonchev–Trinajstić information content (AvgIpc) is 3.21. The SMILES string of the molecule is C=CCNc1nnc(SCc2nc(-c3ccc(Cl)cc3)no2)s1. The molecule has 2 heterocycles. The standard InChI is InChI=1S/C14H12ClN5OS2/c1-2-7-16-13-18-19-14(23-13)22-8-11-17-12(20-21-11)9-3-5-10(15)6-4-9/h2-6H,1,7-8H2,(H,16,18). The highest BCUT2D eigenvalue weighted by Crippen LogP contribution is 2.28. The van der Waals surface area contributed by atoms with Crippen molar-refractivity contribution in [2.45, 2.75) is 10.1 Å². The number of aromatic nitrogens is 4. The minimum Gasteiger partial charge on any atom is -0.357 e. The van der Waals surface area contributed by atoms with E-state index < -0.39 is 0 Å². The highest BCUT2D eigenvalue weighted by molar-refractivity contribution is 8.00. The maximum atomic E-state index is 5.87. The van der Waals surface area contributed by atoms with Crippen LogP contribution in [-0.2, 0) is 5.75 Å². The highest BCUT2D eigenvalue weighted by atomic mass is 35.5. The summed E-state index contributed by atoms with van der Waals surface area (Å²) >= 11 is 8.84. The second-order valence-corrected chi connectivity index (χ2v) is 6.99. The second kappa shape index (κ2) is 7.58. The van der Waals surface area contributed by atoms with Crippen LogP contribution in [0.2, 0.25) is 5.02 Å². The lowest BCUT2D eigenvalue weighted by Crippen LogP contribution is -1.96. The van der Waals surface area contributed by atoms with E-state index >= 15 is 0 Å². The molecule has 0 saturated heterocycles. The molecule has 6 nitrogen and oxygen atoms in total. The summed E-state index contributed by atoms with van der Waals surface area (Å²) < 4.78 is 6.09. The molecule has 0 atom stereocenters. The molecule has 0 aliphatic rings. The van der Waals surface area contributed by atoms with E-state index in [0.29, 0.717) is 29.0 Å². The first-order valence-electron chi connectivity index (χ1n) is 6.64.